The highest BCUT2D eigenvalue weighted by Crippen LogP contribution is 2.43. The number of ether oxygens (including phenoxy) is 1. The van der Waals surface area contributed by atoms with E-state index in [1.165, 1.54) is 6.07 Å². The molecule has 2 heterocycles. The SMILES string of the molecule is CCCC1CCc2c(cc(C(F)(F)F)cc2-c2cccc(N3CC(C(=O)O)C3)c2)O1. The van der Waals surface area contributed by atoms with E-state index in [0.29, 0.717) is 36.4 Å². The van der Waals surface area contributed by atoms with Gasteiger partial charge >= 0.3 is 12.1 Å². The molecule has 0 spiro atoms. The zero-order valence-electron chi connectivity index (χ0n) is 16.7. The van der Waals surface area contributed by atoms with E-state index >= 15 is 0 Å². The molecule has 1 saturated heterocycles. The number of halogens is 3. The summed E-state index contributed by atoms with van der Waals surface area (Å²) in [7, 11) is 0. The highest BCUT2D eigenvalue weighted by atomic mass is 19.4. The summed E-state index contributed by atoms with van der Waals surface area (Å²) >= 11 is 0. The average molecular weight is 419 g/mol. The van der Waals surface area contributed by atoms with Gasteiger partial charge in [0.15, 0.2) is 0 Å². The standard InChI is InChI=1S/C23H24F3NO3/c1-2-4-18-7-8-19-20(10-16(23(24,25)26)11-21(19)30-18)14-5-3-6-17(9-14)27-12-15(13-27)22(28)29/h3,5-6,9-11,15,18H,2,4,7-8,12-13H2,1H3,(H,28,29). The number of carbonyl (C=O) groups is 1. The first kappa shape index (κ1) is 20.6. The zero-order valence-corrected chi connectivity index (χ0v) is 16.7. The van der Waals surface area contributed by atoms with Crippen LogP contribution in [0.3, 0.4) is 0 Å². The first-order valence-corrected chi connectivity index (χ1v) is 10.2. The molecule has 1 atom stereocenters. The Morgan fingerprint density at radius 3 is 2.67 bits per heavy atom. The summed E-state index contributed by atoms with van der Waals surface area (Å²) in [4.78, 5) is 13.0. The maximum atomic E-state index is 13.6. The van der Waals surface area contributed by atoms with Crippen LogP contribution >= 0.6 is 0 Å². The third kappa shape index (κ3) is 3.98. The first-order valence-electron chi connectivity index (χ1n) is 10.2. The molecule has 30 heavy (non-hydrogen) atoms. The zero-order chi connectivity index (χ0) is 21.5. The summed E-state index contributed by atoms with van der Waals surface area (Å²) in [5.74, 6) is -0.906. The van der Waals surface area contributed by atoms with Crippen molar-refractivity contribution in [3.05, 3.63) is 47.5 Å². The Hall–Kier alpha value is -2.70. The normalized spacial score (nSPS) is 19.1. The molecular weight excluding hydrogens is 395 g/mol. The van der Waals surface area contributed by atoms with E-state index in [-0.39, 0.29) is 6.10 Å². The van der Waals surface area contributed by atoms with Crippen LogP contribution in [-0.2, 0) is 17.4 Å². The molecule has 2 aliphatic rings. The quantitative estimate of drug-likeness (QED) is 0.706. The van der Waals surface area contributed by atoms with Gasteiger partial charge in [0.1, 0.15) is 5.75 Å². The van der Waals surface area contributed by atoms with Crippen molar-refractivity contribution in [3.63, 3.8) is 0 Å². The van der Waals surface area contributed by atoms with Crippen LogP contribution in [0.4, 0.5) is 18.9 Å². The van der Waals surface area contributed by atoms with Gasteiger partial charge in [0.05, 0.1) is 17.6 Å². The van der Waals surface area contributed by atoms with Crippen molar-refractivity contribution in [1.29, 1.82) is 0 Å². The van der Waals surface area contributed by atoms with Crippen LogP contribution in [0.25, 0.3) is 11.1 Å². The fraction of sp³-hybridized carbons (Fsp3) is 0.435. The van der Waals surface area contributed by atoms with Gasteiger partial charge in [0.25, 0.3) is 0 Å². The smallest absolute Gasteiger partial charge is 0.416 e. The minimum absolute atomic E-state index is 0.0563. The molecule has 0 bridgehead atoms. The lowest BCUT2D eigenvalue weighted by atomic mass is 9.89. The number of nitrogens with zero attached hydrogens (tertiary/aromatic N) is 1. The van der Waals surface area contributed by atoms with Crippen LogP contribution < -0.4 is 9.64 Å². The summed E-state index contributed by atoms with van der Waals surface area (Å²) in [5, 5.41) is 9.08. The number of hydrogen-bond donors (Lipinski definition) is 1. The minimum Gasteiger partial charge on any atom is -0.490 e. The number of benzene rings is 2. The largest absolute Gasteiger partial charge is 0.490 e. The van der Waals surface area contributed by atoms with Crippen molar-refractivity contribution in [2.45, 2.75) is 44.9 Å². The fourth-order valence-electron chi connectivity index (χ4n) is 4.21. The monoisotopic (exact) mass is 419 g/mol. The maximum Gasteiger partial charge on any atom is 0.416 e. The molecule has 1 unspecified atom stereocenters. The molecule has 7 heteroatoms. The first-order chi connectivity index (χ1) is 14.3. The molecule has 4 nitrogen and oxygen atoms in total. The molecule has 0 amide bonds. The summed E-state index contributed by atoms with van der Waals surface area (Å²) < 4.78 is 46.7. The number of carboxylic acid groups (broad SMARTS) is 1. The van der Waals surface area contributed by atoms with Crippen molar-refractivity contribution in [2.75, 3.05) is 18.0 Å². The van der Waals surface area contributed by atoms with Gasteiger partial charge in [-0.15, -0.1) is 0 Å². The lowest BCUT2D eigenvalue weighted by Gasteiger charge is -2.38. The van der Waals surface area contributed by atoms with E-state index in [1.54, 1.807) is 12.1 Å². The molecule has 2 aromatic rings. The number of aliphatic carboxylic acids is 1. The number of carboxylic acids is 1. The average Bonchev–Trinajstić information content (AvgIpc) is 2.65. The second kappa shape index (κ2) is 7.85. The van der Waals surface area contributed by atoms with Crippen molar-refractivity contribution < 1.29 is 27.8 Å². The molecule has 0 saturated carbocycles. The highest BCUT2D eigenvalue weighted by Gasteiger charge is 2.35. The maximum absolute atomic E-state index is 13.6. The number of alkyl halides is 3. The molecular formula is C23H24F3NO3. The van der Waals surface area contributed by atoms with E-state index in [2.05, 4.69) is 0 Å². The van der Waals surface area contributed by atoms with Crippen LogP contribution in [-0.4, -0.2) is 30.3 Å². The summed E-state index contributed by atoms with van der Waals surface area (Å²) in [6.07, 6.45) is -1.33. The Labute approximate surface area is 173 Å². The van der Waals surface area contributed by atoms with Crippen LogP contribution in [0.15, 0.2) is 36.4 Å². The third-order valence-corrected chi connectivity index (χ3v) is 5.91. The van der Waals surface area contributed by atoms with Crippen LogP contribution in [0.2, 0.25) is 0 Å². The van der Waals surface area contributed by atoms with E-state index in [0.717, 1.165) is 36.6 Å². The number of hydrogen-bond acceptors (Lipinski definition) is 3. The molecule has 1 fully saturated rings. The predicted octanol–water partition coefficient (Wildman–Crippen LogP) is 5.39. The van der Waals surface area contributed by atoms with Gasteiger partial charge in [-0.2, -0.15) is 13.2 Å². The topological polar surface area (TPSA) is 49.8 Å². The van der Waals surface area contributed by atoms with Crippen LogP contribution in [0.1, 0.15) is 37.3 Å². The van der Waals surface area contributed by atoms with Gasteiger partial charge in [-0.1, -0.05) is 25.5 Å². The molecule has 2 aromatic carbocycles. The van der Waals surface area contributed by atoms with Crippen molar-refractivity contribution in [2.24, 2.45) is 5.92 Å². The molecule has 4 rings (SSSR count). The molecule has 0 radical (unpaired) electrons. The Morgan fingerprint density at radius 2 is 2.00 bits per heavy atom. The second-order valence-corrected chi connectivity index (χ2v) is 8.06. The number of fused-ring (bicyclic) bond motifs is 1. The Balaban J connectivity index is 1.71. The van der Waals surface area contributed by atoms with Gasteiger partial charge in [0.2, 0.25) is 0 Å². The third-order valence-electron chi connectivity index (χ3n) is 5.91. The van der Waals surface area contributed by atoms with E-state index in [1.807, 2.05) is 24.0 Å². The molecule has 2 aliphatic heterocycles. The van der Waals surface area contributed by atoms with E-state index in [9.17, 15) is 18.0 Å². The van der Waals surface area contributed by atoms with E-state index in [4.69, 9.17) is 9.84 Å². The van der Waals surface area contributed by atoms with Gasteiger partial charge in [-0.25, -0.2) is 0 Å². The Bertz CT molecular complexity index is 951. The summed E-state index contributed by atoms with van der Waals surface area (Å²) in [5.41, 5.74) is 2.13. The van der Waals surface area contributed by atoms with Gasteiger partial charge in [-0.3, -0.25) is 4.79 Å². The molecule has 1 N–H and O–H groups in total. The van der Waals surface area contributed by atoms with Crippen LogP contribution in [0.5, 0.6) is 5.75 Å². The minimum atomic E-state index is -4.46. The van der Waals surface area contributed by atoms with Crippen LogP contribution in [0, 0.1) is 5.92 Å². The molecule has 0 aromatic heterocycles. The highest BCUT2D eigenvalue weighted by molar-refractivity contribution is 5.77. The van der Waals surface area contributed by atoms with Gasteiger partial charge in [0, 0.05) is 24.3 Å². The fourth-order valence-corrected chi connectivity index (χ4v) is 4.21. The summed E-state index contributed by atoms with van der Waals surface area (Å²) in [6.45, 7) is 2.84. The Morgan fingerprint density at radius 1 is 1.23 bits per heavy atom. The van der Waals surface area contributed by atoms with Crippen molar-refractivity contribution in [3.8, 4) is 16.9 Å². The Kier molecular flexibility index (Phi) is 5.38. The lowest BCUT2D eigenvalue weighted by molar-refractivity contribution is -0.142. The number of anilines is 1. The molecule has 0 aliphatic carbocycles. The molecule has 160 valence electrons. The van der Waals surface area contributed by atoms with Crippen molar-refractivity contribution >= 4 is 11.7 Å². The number of rotatable bonds is 5. The van der Waals surface area contributed by atoms with Gasteiger partial charge < -0.3 is 14.7 Å². The van der Waals surface area contributed by atoms with Gasteiger partial charge in [-0.05, 0) is 54.7 Å². The van der Waals surface area contributed by atoms with E-state index < -0.39 is 23.6 Å². The predicted molar refractivity (Wildman–Crippen MR) is 108 cm³/mol. The summed E-state index contributed by atoms with van der Waals surface area (Å²) in [6, 6.07) is 9.62. The van der Waals surface area contributed by atoms with Crippen molar-refractivity contribution in [1.82, 2.24) is 0 Å². The lowest BCUT2D eigenvalue weighted by Crippen LogP contribution is -2.50. The second-order valence-electron chi connectivity index (χ2n) is 8.06.